The van der Waals surface area contributed by atoms with E-state index < -0.39 is 0 Å². The summed E-state index contributed by atoms with van der Waals surface area (Å²) >= 11 is 3.48. The van der Waals surface area contributed by atoms with Crippen molar-refractivity contribution in [2.24, 2.45) is 5.73 Å². The zero-order valence-electron chi connectivity index (χ0n) is 10.3. The van der Waals surface area contributed by atoms with E-state index in [-0.39, 0.29) is 0 Å². The summed E-state index contributed by atoms with van der Waals surface area (Å²) in [5.74, 6) is 0.920. The molecular formula is C14H13BrN4. The Hall–Kier alpha value is -1.72. The topological polar surface area (TPSA) is 56.2 Å². The van der Waals surface area contributed by atoms with Crippen molar-refractivity contribution in [1.82, 2.24) is 14.6 Å². The number of hydrogen-bond acceptors (Lipinski definition) is 3. The third-order valence-electron chi connectivity index (χ3n) is 3.02. The molecule has 2 heterocycles. The number of hydrogen-bond donors (Lipinski definition) is 1. The molecule has 0 saturated carbocycles. The van der Waals surface area contributed by atoms with Gasteiger partial charge >= 0.3 is 0 Å². The molecule has 0 unspecified atom stereocenters. The standard InChI is InChI=1S/C14H13BrN4/c15-12-3-1-2-10(6-12)7-14-18-17-13-5-4-11(8-16)9-19(13)14/h1-6,9H,7-8,16H2. The van der Waals surface area contributed by atoms with E-state index in [9.17, 15) is 0 Å². The van der Waals surface area contributed by atoms with E-state index in [0.717, 1.165) is 27.9 Å². The van der Waals surface area contributed by atoms with E-state index in [4.69, 9.17) is 5.73 Å². The van der Waals surface area contributed by atoms with E-state index in [2.05, 4.69) is 38.3 Å². The fourth-order valence-corrected chi connectivity index (χ4v) is 2.50. The Morgan fingerprint density at radius 3 is 2.79 bits per heavy atom. The number of fused-ring (bicyclic) bond motifs is 1. The summed E-state index contributed by atoms with van der Waals surface area (Å²) in [7, 11) is 0. The molecule has 3 rings (SSSR count). The number of halogens is 1. The maximum Gasteiger partial charge on any atom is 0.160 e. The van der Waals surface area contributed by atoms with Gasteiger partial charge in [0.2, 0.25) is 0 Å². The molecule has 0 aliphatic carbocycles. The smallest absolute Gasteiger partial charge is 0.160 e. The molecule has 96 valence electrons. The molecule has 0 atom stereocenters. The lowest BCUT2D eigenvalue weighted by Gasteiger charge is -2.03. The van der Waals surface area contributed by atoms with Crippen LogP contribution in [-0.4, -0.2) is 14.6 Å². The average molecular weight is 317 g/mol. The van der Waals surface area contributed by atoms with E-state index in [0.29, 0.717) is 6.54 Å². The highest BCUT2D eigenvalue weighted by molar-refractivity contribution is 9.10. The summed E-state index contributed by atoms with van der Waals surface area (Å²) in [4.78, 5) is 0. The second kappa shape index (κ2) is 5.11. The molecule has 0 bridgehead atoms. The van der Waals surface area contributed by atoms with Crippen LogP contribution >= 0.6 is 15.9 Å². The van der Waals surface area contributed by atoms with Crippen LogP contribution in [0.1, 0.15) is 17.0 Å². The SMILES string of the molecule is NCc1ccc2nnc(Cc3cccc(Br)c3)n2c1. The van der Waals surface area contributed by atoms with Crippen molar-refractivity contribution in [2.75, 3.05) is 0 Å². The minimum Gasteiger partial charge on any atom is -0.326 e. The zero-order chi connectivity index (χ0) is 13.2. The molecule has 0 fully saturated rings. The fraction of sp³-hybridized carbons (Fsp3) is 0.143. The molecular weight excluding hydrogens is 304 g/mol. The Kier molecular flexibility index (Phi) is 3.31. The predicted molar refractivity (Wildman–Crippen MR) is 77.8 cm³/mol. The number of aromatic nitrogens is 3. The minimum absolute atomic E-state index is 0.518. The number of pyridine rings is 1. The fourth-order valence-electron chi connectivity index (χ4n) is 2.05. The van der Waals surface area contributed by atoms with Crippen LogP contribution < -0.4 is 5.73 Å². The summed E-state index contributed by atoms with van der Waals surface area (Å²) in [6.45, 7) is 0.518. The Balaban J connectivity index is 2.00. The van der Waals surface area contributed by atoms with Crippen molar-refractivity contribution in [1.29, 1.82) is 0 Å². The Morgan fingerprint density at radius 2 is 2.00 bits per heavy atom. The number of rotatable bonds is 3. The highest BCUT2D eigenvalue weighted by Gasteiger charge is 2.07. The number of benzene rings is 1. The van der Waals surface area contributed by atoms with Crippen molar-refractivity contribution in [2.45, 2.75) is 13.0 Å². The zero-order valence-corrected chi connectivity index (χ0v) is 11.8. The summed E-state index contributed by atoms with van der Waals surface area (Å²) in [5, 5.41) is 8.43. The van der Waals surface area contributed by atoms with Crippen LogP contribution in [0.5, 0.6) is 0 Å². The molecule has 19 heavy (non-hydrogen) atoms. The molecule has 2 aromatic heterocycles. The summed E-state index contributed by atoms with van der Waals surface area (Å²) in [5.41, 5.74) is 8.79. The van der Waals surface area contributed by atoms with Gasteiger partial charge in [-0.05, 0) is 29.3 Å². The van der Waals surface area contributed by atoms with Gasteiger partial charge in [-0.25, -0.2) is 0 Å². The van der Waals surface area contributed by atoms with Gasteiger partial charge in [0.1, 0.15) is 5.82 Å². The Bertz CT molecular complexity index is 720. The van der Waals surface area contributed by atoms with E-state index in [1.165, 1.54) is 5.56 Å². The van der Waals surface area contributed by atoms with Gasteiger partial charge in [0, 0.05) is 23.6 Å². The van der Waals surface area contributed by atoms with E-state index in [1.54, 1.807) is 0 Å². The summed E-state index contributed by atoms with van der Waals surface area (Å²) < 4.78 is 3.07. The van der Waals surface area contributed by atoms with Crippen molar-refractivity contribution in [3.05, 3.63) is 64.0 Å². The molecule has 0 radical (unpaired) electrons. The first kappa shape index (κ1) is 12.3. The van der Waals surface area contributed by atoms with Crippen LogP contribution in [0.15, 0.2) is 47.1 Å². The first-order valence-corrected chi connectivity index (χ1v) is 6.82. The molecule has 0 spiro atoms. The highest BCUT2D eigenvalue weighted by Crippen LogP contribution is 2.15. The van der Waals surface area contributed by atoms with Crippen LogP contribution in [0, 0.1) is 0 Å². The first-order chi connectivity index (χ1) is 9.26. The number of nitrogens with two attached hydrogens (primary N) is 1. The molecule has 2 N–H and O–H groups in total. The third kappa shape index (κ3) is 2.52. The summed E-state index contributed by atoms with van der Waals surface area (Å²) in [6.07, 6.45) is 2.75. The van der Waals surface area contributed by atoms with Gasteiger partial charge in [-0.1, -0.05) is 34.1 Å². The average Bonchev–Trinajstić information content (AvgIpc) is 2.81. The van der Waals surface area contributed by atoms with Crippen LogP contribution in [0.2, 0.25) is 0 Å². The second-order valence-electron chi connectivity index (χ2n) is 4.39. The van der Waals surface area contributed by atoms with Crippen LogP contribution in [0.25, 0.3) is 5.65 Å². The lowest BCUT2D eigenvalue weighted by Crippen LogP contribution is -2.01. The van der Waals surface area contributed by atoms with E-state index >= 15 is 0 Å². The summed E-state index contributed by atoms with van der Waals surface area (Å²) in [6, 6.07) is 12.1. The monoisotopic (exact) mass is 316 g/mol. The normalized spacial score (nSPS) is 11.1. The van der Waals surface area contributed by atoms with Crippen molar-refractivity contribution < 1.29 is 0 Å². The van der Waals surface area contributed by atoms with Gasteiger partial charge in [0.05, 0.1) is 0 Å². The third-order valence-corrected chi connectivity index (χ3v) is 3.51. The first-order valence-electron chi connectivity index (χ1n) is 6.03. The number of nitrogens with zero attached hydrogens (tertiary/aromatic N) is 3. The molecule has 4 nitrogen and oxygen atoms in total. The van der Waals surface area contributed by atoms with E-state index in [1.807, 2.05) is 34.9 Å². The maximum atomic E-state index is 5.67. The van der Waals surface area contributed by atoms with Crippen LogP contribution in [-0.2, 0) is 13.0 Å². The van der Waals surface area contributed by atoms with Gasteiger partial charge in [-0.3, -0.25) is 4.40 Å². The maximum absolute atomic E-state index is 5.67. The Morgan fingerprint density at radius 1 is 1.11 bits per heavy atom. The molecule has 5 heteroatoms. The molecule has 3 aromatic rings. The van der Waals surface area contributed by atoms with Crippen molar-refractivity contribution in [3.8, 4) is 0 Å². The highest BCUT2D eigenvalue weighted by atomic mass is 79.9. The lowest BCUT2D eigenvalue weighted by atomic mass is 10.1. The van der Waals surface area contributed by atoms with Gasteiger partial charge < -0.3 is 5.73 Å². The van der Waals surface area contributed by atoms with Gasteiger partial charge in [0.15, 0.2) is 5.65 Å². The predicted octanol–water partition coefficient (Wildman–Crippen LogP) is 2.54. The Labute approximate surface area is 119 Å². The molecule has 0 aliphatic rings. The van der Waals surface area contributed by atoms with Gasteiger partial charge in [-0.15, -0.1) is 10.2 Å². The molecule has 0 amide bonds. The molecule has 1 aromatic carbocycles. The van der Waals surface area contributed by atoms with Crippen LogP contribution in [0.4, 0.5) is 0 Å². The largest absolute Gasteiger partial charge is 0.326 e. The van der Waals surface area contributed by atoms with Crippen LogP contribution in [0.3, 0.4) is 0 Å². The quantitative estimate of drug-likeness (QED) is 0.808. The second-order valence-corrected chi connectivity index (χ2v) is 5.31. The van der Waals surface area contributed by atoms with Crippen molar-refractivity contribution >= 4 is 21.6 Å². The van der Waals surface area contributed by atoms with Crippen molar-refractivity contribution in [3.63, 3.8) is 0 Å². The minimum atomic E-state index is 0.518. The lowest BCUT2D eigenvalue weighted by molar-refractivity contribution is 0.922. The van der Waals surface area contributed by atoms with Gasteiger partial charge in [0.25, 0.3) is 0 Å². The molecule has 0 aliphatic heterocycles. The van der Waals surface area contributed by atoms with Gasteiger partial charge in [-0.2, -0.15) is 0 Å². The molecule has 0 saturated heterocycles.